The van der Waals surface area contributed by atoms with Crippen LogP contribution in [0.15, 0.2) is 48.7 Å². The van der Waals surface area contributed by atoms with Gasteiger partial charge in [0.25, 0.3) is 0 Å². The summed E-state index contributed by atoms with van der Waals surface area (Å²) in [6, 6.07) is 13.7. The summed E-state index contributed by atoms with van der Waals surface area (Å²) in [7, 11) is 0. The zero-order chi connectivity index (χ0) is 27.1. The van der Waals surface area contributed by atoms with Crippen LogP contribution in [0.25, 0.3) is 11.3 Å². The Balaban J connectivity index is 1.16. The molecule has 39 heavy (non-hydrogen) atoms. The van der Waals surface area contributed by atoms with Crippen LogP contribution < -0.4 is 15.5 Å². The number of phenols is 1. The van der Waals surface area contributed by atoms with Gasteiger partial charge in [0, 0.05) is 55.2 Å². The molecule has 10 heteroatoms. The van der Waals surface area contributed by atoms with E-state index in [1.807, 2.05) is 37.3 Å². The minimum absolute atomic E-state index is 0.00195. The summed E-state index contributed by atoms with van der Waals surface area (Å²) < 4.78 is 0. The number of carboxylic acid groups (broad SMARTS) is 1. The zero-order valence-electron chi connectivity index (χ0n) is 21.7. The maximum Gasteiger partial charge on any atom is 0.309 e. The van der Waals surface area contributed by atoms with Gasteiger partial charge in [-0.1, -0.05) is 18.1 Å². The van der Waals surface area contributed by atoms with Crippen molar-refractivity contribution in [2.45, 2.75) is 37.9 Å². The molecule has 200 valence electrons. The number of carboxylic acids is 1. The highest BCUT2D eigenvalue weighted by atomic mass is 16.4. The second-order valence-corrected chi connectivity index (χ2v) is 10.5. The number of pyridine rings is 1. The van der Waals surface area contributed by atoms with Crippen molar-refractivity contribution in [3.05, 3.63) is 54.4 Å². The predicted octanol–water partition coefficient (Wildman–Crippen LogP) is 2.44. The van der Waals surface area contributed by atoms with Crippen LogP contribution in [0.2, 0.25) is 0 Å². The van der Waals surface area contributed by atoms with Crippen LogP contribution >= 0.6 is 0 Å². The molecule has 0 radical (unpaired) electrons. The number of nitrogens with zero attached hydrogens (tertiary/aromatic N) is 6. The highest BCUT2D eigenvalue weighted by molar-refractivity contribution is 5.74. The Morgan fingerprint density at radius 2 is 1.87 bits per heavy atom. The first-order valence-corrected chi connectivity index (χ1v) is 13.3. The van der Waals surface area contributed by atoms with Gasteiger partial charge >= 0.3 is 5.97 Å². The normalized spacial score (nSPS) is 24.1. The van der Waals surface area contributed by atoms with E-state index in [4.69, 9.17) is 5.73 Å². The van der Waals surface area contributed by atoms with Gasteiger partial charge in [0.15, 0.2) is 5.82 Å². The third-order valence-corrected chi connectivity index (χ3v) is 8.25. The van der Waals surface area contributed by atoms with Crippen molar-refractivity contribution >= 4 is 23.2 Å². The number of piperazine rings is 1. The van der Waals surface area contributed by atoms with Gasteiger partial charge in [-0.15, -0.1) is 10.2 Å². The van der Waals surface area contributed by atoms with E-state index < -0.39 is 5.97 Å². The van der Waals surface area contributed by atoms with Gasteiger partial charge in [0.1, 0.15) is 11.4 Å². The number of anilines is 3. The molecule has 4 N–H and O–H groups in total. The van der Waals surface area contributed by atoms with Crippen molar-refractivity contribution in [3.63, 3.8) is 0 Å². The molecular weight excluding hydrogens is 494 g/mol. The summed E-state index contributed by atoms with van der Waals surface area (Å²) in [6.07, 6.45) is 3.96. The number of carbonyl (C=O) groups is 1. The molecule has 2 aromatic heterocycles. The summed E-state index contributed by atoms with van der Waals surface area (Å²) in [5.74, 6) is 5.83. The van der Waals surface area contributed by atoms with Gasteiger partial charge in [0.05, 0.1) is 23.8 Å². The molecule has 2 bridgehead atoms. The molecule has 0 saturated carbocycles. The fourth-order valence-electron chi connectivity index (χ4n) is 6.05. The van der Waals surface area contributed by atoms with Crippen molar-refractivity contribution in [2.24, 2.45) is 5.92 Å². The standard InChI is InChI=1S/C29H31N7O3/c1-18-24(29(38)39)17-34(18)12-4-5-19-13-20(10-11-31-19)36-21-8-9-22(36)16-35(15-21)26-14-25(32-33-28(26)30)23-6-2-3-7-27(23)37/h2-3,6-7,10-11,13-14,18,21-22,24,37H,8-9,12,15-17H2,1H3,(H2,30,33)(H,38,39). The first-order chi connectivity index (χ1) is 18.9. The number of hydrogen-bond donors (Lipinski definition) is 3. The molecule has 4 unspecified atom stereocenters. The van der Waals surface area contributed by atoms with Crippen LogP contribution in [0.4, 0.5) is 17.2 Å². The number of para-hydroxylation sites is 1. The maximum absolute atomic E-state index is 11.2. The van der Waals surface area contributed by atoms with Crippen LogP contribution in [-0.4, -0.2) is 80.6 Å². The Hall–Kier alpha value is -4.36. The van der Waals surface area contributed by atoms with E-state index in [-0.39, 0.29) is 17.7 Å². The molecule has 3 fully saturated rings. The third kappa shape index (κ3) is 4.70. The van der Waals surface area contributed by atoms with Gasteiger partial charge in [-0.2, -0.15) is 0 Å². The van der Waals surface area contributed by atoms with Crippen LogP contribution in [0.5, 0.6) is 5.75 Å². The summed E-state index contributed by atoms with van der Waals surface area (Å²) in [5.41, 5.74) is 10.2. The molecule has 3 aliphatic rings. The lowest BCUT2D eigenvalue weighted by molar-refractivity contribution is -0.151. The lowest BCUT2D eigenvalue weighted by Gasteiger charge is -2.43. The summed E-state index contributed by atoms with van der Waals surface area (Å²) in [6.45, 7) is 4.60. The molecule has 0 spiro atoms. The van der Waals surface area contributed by atoms with Crippen LogP contribution in [0.1, 0.15) is 25.5 Å². The number of hydrogen-bond acceptors (Lipinski definition) is 9. The third-order valence-electron chi connectivity index (χ3n) is 8.25. The maximum atomic E-state index is 11.2. The summed E-state index contributed by atoms with van der Waals surface area (Å²) in [4.78, 5) is 22.5. The smallest absolute Gasteiger partial charge is 0.309 e. The molecule has 3 aliphatic heterocycles. The number of rotatable bonds is 5. The lowest BCUT2D eigenvalue weighted by atomic mass is 9.90. The minimum atomic E-state index is -0.741. The monoisotopic (exact) mass is 525 g/mol. The molecule has 6 rings (SSSR count). The number of aliphatic carboxylic acids is 1. The number of aromatic nitrogens is 3. The Labute approximate surface area is 227 Å². The van der Waals surface area contributed by atoms with Gasteiger partial charge in [-0.05, 0) is 56.0 Å². The number of nitrogen functional groups attached to an aromatic ring is 1. The largest absolute Gasteiger partial charge is 0.507 e. The second kappa shape index (κ2) is 10.1. The van der Waals surface area contributed by atoms with E-state index in [0.717, 1.165) is 37.3 Å². The fourth-order valence-corrected chi connectivity index (χ4v) is 6.05. The van der Waals surface area contributed by atoms with Crippen molar-refractivity contribution in [1.29, 1.82) is 0 Å². The van der Waals surface area contributed by atoms with Crippen molar-refractivity contribution < 1.29 is 15.0 Å². The SMILES string of the molecule is CC1C(C(=O)O)CN1CC#Cc1cc(N2C3CCC2CN(c2cc(-c4ccccc4O)nnc2N)C3)ccn1. The number of fused-ring (bicyclic) bond motifs is 2. The van der Waals surface area contributed by atoms with Crippen molar-refractivity contribution in [2.75, 3.05) is 41.7 Å². The first-order valence-electron chi connectivity index (χ1n) is 13.3. The number of phenolic OH excluding ortho intramolecular Hbond substituents is 1. The number of benzene rings is 1. The van der Waals surface area contributed by atoms with E-state index in [1.54, 1.807) is 18.3 Å². The second-order valence-electron chi connectivity index (χ2n) is 10.5. The Kier molecular flexibility index (Phi) is 6.45. The molecule has 4 atom stereocenters. The van der Waals surface area contributed by atoms with Gasteiger partial charge < -0.3 is 25.7 Å². The van der Waals surface area contributed by atoms with Gasteiger partial charge in [0.2, 0.25) is 0 Å². The Bertz CT molecular complexity index is 1450. The van der Waals surface area contributed by atoms with E-state index in [9.17, 15) is 15.0 Å². The topological polar surface area (TPSA) is 132 Å². The Morgan fingerprint density at radius 3 is 2.59 bits per heavy atom. The quantitative estimate of drug-likeness (QED) is 0.427. The number of aromatic hydroxyl groups is 1. The van der Waals surface area contributed by atoms with E-state index in [1.165, 1.54) is 0 Å². The molecular formula is C29H31N7O3. The van der Waals surface area contributed by atoms with E-state index in [0.29, 0.717) is 47.9 Å². The highest BCUT2D eigenvalue weighted by Crippen LogP contribution is 2.39. The van der Waals surface area contributed by atoms with E-state index >= 15 is 0 Å². The molecule has 0 amide bonds. The number of nitrogens with two attached hydrogens (primary N) is 1. The lowest BCUT2D eigenvalue weighted by Crippen LogP contribution is -2.57. The average Bonchev–Trinajstić information content (AvgIpc) is 3.19. The molecule has 3 saturated heterocycles. The molecule has 3 aromatic rings. The van der Waals surface area contributed by atoms with Crippen molar-refractivity contribution in [3.8, 4) is 28.8 Å². The summed E-state index contributed by atoms with van der Waals surface area (Å²) in [5, 5.41) is 27.9. The van der Waals surface area contributed by atoms with Crippen LogP contribution in [-0.2, 0) is 4.79 Å². The fraction of sp³-hybridized carbons (Fsp3) is 0.379. The highest BCUT2D eigenvalue weighted by Gasteiger charge is 2.41. The van der Waals surface area contributed by atoms with Crippen molar-refractivity contribution in [1.82, 2.24) is 20.1 Å². The zero-order valence-corrected chi connectivity index (χ0v) is 21.7. The minimum Gasteiger partial charge on any atom is -0.507 e. The van der Waals surface area contributed by atoms with Gasteiger partial charge in [-0.3, -0.25) is 9.69 Å². The van der Waals surface area contributed by atoms with Crippen LogP contribution in [0, 0.1) is 17.8 Å². The molecule has 0 aliphatic carbocycles. The molecule has 10 nitrogen and oxygen atoms in total. The van der Waals surface area contributed by atoms with Gasteiger partial charge in [-0.25, -0.2) is 4.98 Å². The number of likely N-dealkylation sites (tertiary alicyclic amines) is 1. The summed E-state index contributed by atoms with van der Waals surface area (Å²) >= 11 is 0. The predicted molar refractivity (Wildman–Crippen MR) is 148 cm³/mol. The molecule has 1 aromatic carbocycles. The Morgan fingerprint density at radius 1 is 1.10 bits per heavy atom. The first kappa shape index (κ1) is 24.9. The molecule has 5 heterocycles. The van der Waals surface area contributed by atoms with Crippen LogP contribution in [0.3, 0.4) is 0 Å². The van der Waals surface area contributed by atoms with E-state index in [2.05, 4.69) is 41.7 Å². The average molecular weight is 526 g/mol.